The average molecular weight is 349 g/mol. The summed E-state index contributed by atoms with van der Waals surface area (Å²) in [5.41, 5.74) is 2.46. The second-order valence-corrected chi connectivity index (χ2v) is 9.47. The molecule has 2 fully saturated rings. The summed E-state index contributed by atoms with van der Waals surface area (Å²) in [5, 5.41) is 4.34. The first-order valence-corrected chi connectivity index (χ1v) is 10.5. The van der Waals surface area contributed by atoms with Crippen molar-refractivity contribution in [3.05, 3.63) is 29.8 Å². The van der Waals surface area contributed by atoms with E-state index in [2.05, 4.69) is 23.8 Å². The molecule has 3 rings (SSSR count). The van der Waals surface area contributed by atoms with E-state index in [9.17, 15) is 8.42 Å². The lowest BCUT2D eigenvalue weighted by molar-refractivity contribution is 0.0690. The van der Waals surface area contributed by atoms with Gasteiger partial charge in [-0.1, -0.05) is 44.4 Å². The number of rotatable bonds is 3. The Morgan fingerprint density at radius 2 is 1.88 bits per heavy atom. The monoisotopic (exact) mass is 348 g/mol. The van der Waals surface area contributed by atoms with Crippen molar-refractivity contribution in [2.75, 3.05) is 0 Å². The van der Waals surface area contributed by atoms with Gasteiger partial charge in [-0.3, -0.25) is 0 Å². The van der Waals surface area contributed by atoms with Crippen LogP contribution < -0.4 is 4.83 Å². The summed E-state index contributed by atoms with van der Waals surface area (Å²) in [7, 11) is -3.58. The molecule has 1 aromatic carbocycles. The van der Waals surface area contributed by atoms with Crippen LogP contribution in [-0.4, -0.2) is 14.1 Å². The molecule has 2 aliphatic rings. The fraction of sp³-hybridized carbons (Fsp3) is 0.632. The third kappa shape index (κ3) is 3.37. The van der Waals surface area contributed by atoms with E-state index in [0.717, 1.165) is 24.1 Å². The first kappa shape index (κ1) is 17.5. The van der Waals surface area contributed by atoms with Crippen molar-refractivity contribution in [2.24, 2.45) is 22.4 Å². The van der Waals surface area contributed by atoms with Crippen LogP contribution in [0.1, 0.15) is 57.9 Å². The molecule has 24 heavy (non-hydrogen) atoms. The number of nitrogens with one attached hydrogen (secondary N) is 1. The molecule has 0 unspecified atom stereocenters. The van der Waals surface area contributed by atoms with Gasteiger partial charge < -0.3 is 0 Å². The molecular weight excluding hydrogens is 320 g/mol. The van der Waals surface area contributed by atoms with Crippen LogP contribution in [0.25, 0.3) is 0 Å². The zero-order valence-corrected chi connectivity index (χ0v) is 15.7. The highest BCUT2D eigenvalue weighted by Crippen LogP contribution is 2.51. The van der Waals surface area contributed by atoms with E-state index < -0.39 is 10.0 Å². The summed E-state index contributed by atoms with van der Waals surface area (Å²) in [6.07, 6.45) is 7.16. The lowest BCUT2D eigenvalue weighted by Gasteiger charge is -2.48. The second kappa shape index (κ2) is 6.51. The first-order valence-electron chi connectivity index (χ1n) is 8.97. The fourth-order valence-corrected chi connectivity index (χ4v) is 5.35. The Morgan fingerprint density at radius 1 is 1.17 bits per heavy atom. The third-order valence-corrected chi connectivity index (χ3v) is 7.35. The minimum Gasteiger partial charge on any atom is -0.200 e. The standard InChI is InChI=1S/C19H28N2O2S/c1-14-7-9-16(10-8-14)24(22,23)21-20-18-11-13-19(3)12-5-4-6-17(19)15(18)2/h7-10,15,17,21H,4-6,11-13H2,1-3H3/b20-18-/t15-,17-,19-/m1/s1. The minimum absolute atomic E-state index is 0.267. The maximum atomic E-state index is 12.4. The Morgan fingerprint density at radius 3 is 2.58 bits per heavy atom. The van der Waals surface area contributed by atoms with Crippen LogP contribution in [-0.2, 0) is 10.0 Å². The smallest absolute Gasteiger partial charge is 0.200 e. The van der Waals surface area contributed by atoms with Crippen molar-refractivity contribution >= 4 is 15.7 Å². The number of hydrogen-bond acceptors (Lipinski definition) is 3. The molecule has 132 valence electrons. The number of hydrazone groups is 1. The molecule has 0 saturated heterocycles. The Kier molecular flexibility index (Phi) is 4.73. The van der Waals surface area contributed by atoms with Gasteiger partial charge in [0.15, 0.2) is 0 Å². The van der Waals surface area contributed by atoms with E-state index >= 15 is 0 Å². The van der Waals surface area contributed by atoms with Crippen LogP contribution in [0.2, 0.25) is 0 Å². The van der Waals surface area contributed by atoms with E-state index in [-0.39, 0.29) is 4.90 Å². The predicted molar refractivity (Wildman–Crippen MR) is 97.4 cm³/mol. The molecule has 0 bridgehead atoms. The summed E-state index contributed by atoms with van der Waals surface area (Å²) in [6.45, 7) is 6.56. The third-order valence-electron chi connectivity index (χ3n) is 6.13. The molecule has 0 radical (unpaired) electrons. The highest BCUT2D eigenvalue weighted by Gasteiger charge is 2.44. The molecule has 0 aliphatic heterocycles. The first-order chi connectivity index (χ1) is 11.3. The van der Waals surface area contributed by atoms with E-state index in [0.29, 0.717) is 17.3 Å². The molecule has 0 heterocycles. The SMILES string of the molecule is Cc1ccc(S(=O)(=O)N/N=C2/CC[C@@]3(C)CCCC[C@@H]3[C@H]2C)cc1. The summed E-state index contributed by atoms with van der Waals surface area (Å²) in [5.74, 6) is 0.979. The zero-order chi connectivity index (χ0) is 17.4. The van der Waals surface area contributed by atoms with Crippen molar-refractivity contribution in [1.29, 1.82) is 0 Å². The van der Waals surface area contributed by atoms with Crippen LogP contribution in [0.3, 0.4) is 0 Å². The molecule has 0 spiro atoms. The van der Waals surface area contributed by atoms with Crippen molar-refractivity contribution in [2.45, 2.75) is 64.2 Å². The fourth-order valence-electron chi connectivity index (χ4n) is 4.51. The number of benzene rings is 1. The average Bonchev–Trinajstić information content (AvgIpc) is 2.54. The number of aryl methyl sites for hydroxylation is 1. The van der Waals surface area contributed by atoms with Gasteiger partial charge in [0.2, 0.25) is 0 Å². The Bertz CT molecular complexity index is 724. The summed E-state index contributed by atoms with van der Waals surface area (Å²) >= 11 is 0. The van der Waals surface area contributed by atoms with Crippen LogP contribution >= 0.6 is 0 Å². The summed E-state index contributed by atoms with van der Waals surface area (Å²) in [4.78, 5) is 2.73. The number of nitrogens with zero attached hydrogens (tertiary/aromatic N) is 1. The van der Waals surface area contributed by atoms with Gasteiger partial charge >= 0.3 is 0 Å². The lowest BCUT2D eigenvalue weighted by Crippen LogP contribution is -2.43. The van der Waals surface area contributed by atoms with Gasteiger partial charge in [0.1, 0.15) is 0 Å². The van der Waals surface area contributed by atoms with Crippen molar-refractivity contribution in [3.8, 4) is 0 Å². The van der Waals surface area contributed by atoms with Gasteiger partial charge in [0.25, 0.3) is 10.0 Å². The van der Waals surface area contributed by atoms with Crippen molar-refractivity contribution in [1.82, 2.24) is 4.83 Å². The van der Waals surface area contributed by atoms with E-state index in [1.807, 2.05) is 6.92 Å². The molecule has 1 N–H and O–H groups in total. The summed E-state index contributed by atoms with van der Waals surface area (Å²) in [6, 6.07) is 6.86. The van der Waals surface area contributed by atoms with Gasteiger partial charge in [-0.25, -0.2) is 4.83 Å². The topological polar surface area (TPSA) is 58.5 Å². The number of hydrogen-bond donors (Lipinski definition) is 1. The predicted octanol–water partition coefficient (Wildman–Crippen LogP) is 4.26. The van der Waals surface area contributed by atoms with Gasteiger partial charge in [0.05, 0.1) is 4.90 Å². The van der Waals surface area contributed by atoms with Crippen molar-refractivity contribution < 1.29 is 8.42 Å². The molecule has 0 aromatic heterocycles. The molecule has 2 saturated carbocycles. The maximum absolute atomic E-state index is 12.4. The van der Waals surface area contributed by atoms with Crippen LogP contribution in [0, 0.1) is 24.2 Å². The molecule has 3 atom stereocenters. The van der Waals surface area contributed by atoms with E-state index in [4.69, 9.17) is 0 Å². The summed E-state index contributed by atoms with van der Waals surface area (Å²) < 4.78 is 24.8. The van der Waals surface area contributed by atoms with Gasteiger partial charge in [-0.15, -0.1) is 0 Å². The van der Waals surface area contributed by atoms with Gasteiger partial charge in [0, 0.05) is 5.71 Å². The molecule has 5 heteroatoms. The zero-order valence-electron chi connectivity index (χ0n) is 14.9. The van der Waals surface area contributed by atoms with Crippen LogP contribution in [0.5, 0.6) is 0 Å². The molecule has 4 nitrogen and oxygen atoms in total. The Labute approximate surface area is 145 Å². The van der Waals surface area contributed by atoms with E-state index in [1.54, 1.807) is 24.3 Å². The second-order valence-electron chi connectivity index (χ2n) is 7.81. The van der Waals surface area contributed by atoms with Crippen LogP contribution in [0.15, 0.2) is 34.3 Å². The van der Waals surface area contributed by atoms with Crippen molar-refractivity contribution in [3.63, 3.8) is 0 Å². The Hall–Kier alpha value is -1.36. The molecule has 0 amide bonds. The quantitative estimate of drug-likeness (QED) is 0.830. The highest BCUT2D eigenvalue weighted by molar-refractivity contribution is 7.89. The highest BCUT2D eigenvalue weighted by atomic mass is 32.2. The lowest BCUT2D eigenvalue weighted by atomic mass is 9.56. The minimum atomic E-state index is -3.58. The largest absolute Gasteiger partial charge is 0.276 e. The number of sulfonamides is 1. The molecular formula is C19H28N2O2S. The van der Waals surface area contributed by atoms with Crippen LogP contribution in [0.4, 0.5) is 0 Å². The molecule has 1 aromatic rings. The van der Waals surface area contributed by atoms with E-state index in [1.165, 1.54) is 25.7 Å². The Balaban J connectivity index is 1.76. The van der Waals surface area contributed by atoms with Gasteiger partial charge in [-0.2, -0.15) is 13.5 Å². The number of fused-ring (bicyclic) bond motifs is 1. The normalized spacial score (nSPS) is 32.4. The van der Waals surface area contributed by atoms with Gasteiger partial charge in [-0.05, 0) is 62.0 Å². The molecule has 2 aliphatic carbocycles. The maximum Gasteiger partial charge on any atom is 0.276 e.